The molecule has 2 heteroatoms. The molecule has 100 valence electrons. The van der Waals surface area contributed by atoms with Crippen LogP contribution < -0.4 is 5.32 Å². The molecule has 1 rings (SSSR count). The zero-order valence-corrected chi connectivity index (χ0v) is 11.7. The highest BCUT2D eigenvalue weighted by atomic mass is 16.1. The van der Waals surface area contributed by atoms with Gasteiger partial charge in [-0.05, 0) is 31.7 Å². The first-order valence-electron chi connectivity index (χ1n) is 6.98. The summed E-state index contributed by atoms with van der Waals surface area (Å²) in [4.78, 5) is 11.0. The van der Waals surface area contributed by atoms with Crippen molar-refractivity contribution in [1.82, 2.24) is 5.32 Å². The van der Waals surface area contributed by atoms with E-state index in [4.69, 9.17) is 0 Å². The standard InChI is InChI=1S/C16H25NO/c1-14-10-12-15(13-11-14)8-6-4-3-5-7-9-16(18)17-2/h10-13H,3-9H2,1-2H3,(H,17,18). The molecular formula is C16H25NO. The summed E-state index contributed by atoms with van der Waals surface area (Å²) < 4.78 is 0. The molecule has 0 bridgehead atoms. The summed E-state index contributed by atoms with van der Waals surface area (Å²) in [6.07, 6.45) is 7.79. The van der Waals surface area contributed by atoms with E-state index in [2.05, 4.69) is 36.5 Å². The van der Waals surface area contributed by atoms with Gasteiger partial charge >= 0.3 is 0 Å². The van der Waals surface area contributed by atoms with Crippen molar-refractivity contribution in [2.75, 3.05) is 7.05 Å². The van der Waals surface area contributed by atoms with Crippen molar-refractivity contribution in [3.63, 3.8) is 0 Å². The lowest BCUT2D eigenvalue weighted by Gasteiger charge is -2.03. The van der Waals surface area contributed by atoms with Crippen molar-refractivity contribution >= 4 is 5.91 Å². The number of rotatable bonds is 8. The molecule has 18 heavy (non-hydrogen) atoms. The largest absolute Gasteiger partial charge is 0.359 e. The molecule has 0 atom stereocenters. The second kappa shape index (κ2) is 8.73. The minimum absolute atomic E-state index is 0.162. The Morgan fingerprint density at radius 2 is 1.61 bits per heavy atom. The normalized spacial score (nSPS) is 10.3. The molecular weight excluding hydrogens is 222 g/mol. The summed E-state index contributed by atoms with van der Waals surface area (Å²) >= 11 is 0. The number of amides is 1. The zero-order valence-electron chi connectivity index (χ0n) is 11.7. The van der Waals surface area contributed by atoms with Gasteiger partial charge in [-0.15, -0.1) is 0 Å². The van der Waals surface area contributed by atoms with Crippen LogP contribution in [0.5, 0.6) is 0 Å². The minimum Gasteiger partial charge on any atom is -0.359 e. The summed E-state index contributed by atoms with van der Waals surface area (Å²) in [5.74, 6) is 0.162. The van der Waals surface area contributed by atoms with Gasteiger partial charge in [0.1, 0.15) is 0 Å². The van der Waals surface area contributed by atoms with Gasteiger partial charge in [0.2, 0.25) is 5.91 Å². The van der Waals surface area contributed by atoms with Gasteiger partial charge in [-0.1, -0.05) is 49.1 Å². The number of carbonyl (C=O) groups excluding carboxylic acids is 1. The summed E-state index contributed by atoms with van der Waals surface area (Å²) in [5, 5.41) is 2.65. The van der Waals surface area contributed by atoms with Gasteiger partial charge in [0.05, 0.1) is 0 Å². The summed E-state index contributed by atoms with van der Waals surface area (Å²) in [6, 6.07) is 8.80. The highest BCUT2D eigenvalue weighted by Gasteiger charge is 1.97. The van der Waals surface area contributed by atoms with E-state index in [1.165, 1.54) is 43.2 Å². The van der Waals surface area contributed by atoms with Crippen molar-refractivity contribution in [3.05, 3.63) is 35.4 Å². The number of unbranched alkanes of at least 4 members (excludes halogenated alkanes) is 4. The Labute approximate surface area is 111 Å². The molecule has 0 spiro atoms. The van der Waals surface area contributed by atoms with E-state index < -0.39 is 0 Å². The lowest BCUT2D eigenvalue weighted by atomic mass is 10.0. The minimum atomic E-state index is 0.162. The number of aryl methyl sites for hydroxylation is 2. The van der Waals surface area contributed by atoms with Crippen molar-refractivity contribution in [2.45, 2.75) is 51.9 Å². The van der Waals surface area contributed by atoms with Crippen LogP contribution in [0.15, 0.2) is 24.3 Å². The second-order valence-corrected chi connectivity index (χ2v) is 4.93. The lowest BCUT2D eigenvalue weighted by molar-refractivity contribution is -0.120. The first-order chi connectivity index (χ1) is 8.72. The van der Waals surface area contributed by atoms with Crippen LogP contribution >= 0.6 is 0 Å². The quantitative estimate of drug-likeness (QED) is 0.698. The van der Waals surface area contributed by atoms with E-state index in [0.717, 1.165) is 6.42 Å². The molecule has 1 aromatic carbocycles. The second-order valence-electron chi connectivity index (χ2n) is 4.93. The Hall–Kier alpha value is -1.31. The van der Waals surface area contributed by atoms with Gasteiger partial charge in [0, 0.05) is 13.5 Å². The highest BCUT2D eigenvalue weighted by molar-refractivity contribution is 5.75. The van der Waals surface area contributed by atoms with Crippen molar-refractivity contribution in [3.8, 4) is 0 Å². The summed E-state index contributed by atoms with van der Waals surface area (Å²) in [5.41, 5.74) is 2.76. The van der Waals surface area contributed by atoms with Crippen LogP contribution in [0.1, 0.15) is 49.7 Å². The maximum absolute atomic E-state index is 11.0. The zero-order chi connectivity index (χ0) is 13.2. The Morgan fingerprint density at radius 3 is 2.28 bits per heavy atom. The van der Waals surface area contributed by atoms with E-state index in [9.17, 15) is 4.79 Å². The fraction of sp³-hybridized carbons (Fsp3) is 0.562. The molecule has 0 aliphatic rings. The molecule has 1 N–H and O–H groups in total. The van der Waals surface area contributed by atoms with Crippen LogP contribution in [0.4, 0.5) is 0 Å². The predicted octanol–water partition coefficient (Wildman–Crippen LogP) is 3.62. The molecule has 0 heterocycles. The SMILES string of the molecule is CNC(=O)CCCCCCCc1ccc(C)cc1. The fourth-order valence-corrected chi connectivity index (χ4v) is 2.02. The molecule has 0 unspecified atom stereocenters. The third kappa shape index (κ3) is 6.43. The van der Waals surface area contributed by atoms with E-state index in [1.807, 2.05) is 0 Å². The third-order valence-electron chi connectivity index (χ3n) is 3.27. The first kappa shape index (κ1) is 14.7. The van der Waals surface area contributed by atoms with Crippen molar-refractivity contribution in [2.24, 2.45) is 0 Å². The Kier molecular flexibility index (Phi) is 7.16. The molecule has 0 fully saturated rings. The number of carbonyl (C=O) groups is 1. The molecule has 2 nitrogen and oxygen atoms in total. The molecule has 1 aromatic rings. The molecule has 0 aliphatic heterocycles. The van der Waals surface area contributed by atoms with Crippen LogP contribution in [0.25, 0.3) is 0 Å². The van der Waals surface area contributed by atoms with Crippen molar-refractivity contribution < 1.29 is 4.79 Å². The average Bonchev–Trinajstić information content (AvgIpc) is 2.39. The number of nitrogens with one attached hydrogen (secondary N) is 1. The third-order valence-corrected chi connectivity index (χ3v) is 3.27. The van der Waals surface area contributed by atoms with Gasteiger partial charge in [-0.2, -0.15) is 0 Å². The molecule has 0 saturated heterocycles. The Morgan fingerprint density at radius 1 is 1.00 bits per heavy atom. The lowest BCUT2D eigenvalue weighted by Crippen LogP contribution is -2.16. The van der Waals surface area contributed by atoms with E-state index in [-0.39, 0.29) is 5.91 Å². The molecule has 0 aromatic heterocycles. The van der Waals surface area contributed by atoms with Gasteiger partial charge in [0.15, 0.2) is 0 Å². The van der Waals surface area contributed by atoms with Gasteiger partial charge in [0.25, 0.3) is 0 Å². The Bertz CT molecular complexity index is 343. The number of hydrogen-bond acceptors (Lipinski definition) is 1. The predicted molar refractivity (Wildman–Crippen MR) is 76.7 cm³/mol. The topological polar surface area (TPSA) is 29.1 Å². The maximum atomic E-state index is 11.0. The number of hydrogen-bond donors (Lipinski definition) is 1. The van der Waals surface area contributed by atoms with Crippen LogP contribution in [-0.4, -0.2) is 13.0 Å². The molecule has 0 saturated carbocycles. The van der Waals surface area contributed by atoms with E-state index >= 15 is 0 Å². The van der Waals surface area contributed by atoms with Gasteiger partial charge in [-0.25, -0.2) is 0 Å². The van der Waals surface area contributed by atoms with Gasteiger partial charge in [-0.3, -0.25) is 4.79 Å². The van der Waals surface area contributed by atoms with E-state index in [0.29, 0.717) is 6.42 Å². The van der Waals surface area contributed by atoms with Crippen LogP contribution in [-0.2, 0) is 11.2 Å². The van der Waals surface area contributed by atoms with Crippen molar-refractivity contribution in [1.29, 1.82) is 0 Å². The molecule has 1 amide bonds. The number of benzene rings is 1. The van der Waals surface area contributed by atoms with Crippen LogP contribution in [0.3, 0.4) is 0 Å². The molecule has 0 radical (unpaired) electrons. The summed E-state index contributed by atoms with van der Waals surface area (Å²) in [7, 11) is 1.70. The van der Waals surface area contributed by atoms with Crippen LogP contribution in [0.2, 0.25) is 0 Å². The van der Waals surface area contributed by atoms with Gasteiger partial charge < -0.3 is 5.32 Å². The average molecular weight is 247 g/mol. The molecule has 0 aliphatic carbocycles. The smallest absolute Gasteiger partial charge is 0.219 e. The Balaban J connectivity index is 1.99. The van der Waals surface area contributed by atoms with E-state index in [1.54, 1.807) is 7.05 Å². The fourth-order valence-electron chi connectivity index (χ4n) is 2.02. The first-order valence-corrected chi connectivity index (χ1v) is 6.98. The highest BCUT2D eigenvalue weighted by Crippen LogP contribution is 2.10. The summed E-state index contributed by atoms with van der Waals surface area (Å²) in [6.45, 7) is 2.12. The van der Waals surface area contributed by atoms with Crippen LogP contribution in [0, 0.1) is 6.92 Å². The monoisotopic (exact) mass is 247 g/mol. The maximum Gasteiger partial charge on any atom is 0.219 e.